The molecular weight excluding hydrogens is 293 g/mol. The van der Waals surface area contributed by atoms with Gasteiger partial charge in [-0.1, -0.05) is 0 Å². The third kappa shape index (κ3) is 4.39. The Morgan fingerprint density at radius 3 is 2.53 bits per heavy atom. The van der Waals surface area contributed by atoms with Gasteiger partial charge in [0.15, 0.2) is 0 Å². The molecule has 0 bridgehead atoms. The number of hydrogen-bond donors (Lipinski definition) is 3. The summed E-state index contributed by atoms with van der Waals surface area (Å²) in [6.07, 6.45) is 0. The minimum Gasteiger partial charge on any atom is -0.352 e. The van der Waals surface area contributed by atoms with Crippen LogP contribution in [-0.4, -0.2) is 25.0 Å². The van der Waals surface area contributed by atoms with Crippen molar-refractivity contribution < 1.29 is 14.0 Å². The second-order valence-electron chi connectivity index (χ2n) is 3.18. The van der Waals surface area contributed by atoms with Crippen molar-refractivity contribution in [1.29, 1.82) is 0 Å². The highest BCUT2D eigenvalue weighted by Gasteiger charge is 2.07. The third-order valence-corrected chi connectivity index (χ3v) is 2.53. The lowest BCUT2D eigenvalue weighted by Crippen LogP contribution is -2.37. The molecule has 1 aromatic carbocycles. The van der Waals surface area contributed by atoms with Gasteiger partial charge in [-0.15, -0.1) is 0 Å². The fourth-order valence-electron chi connectivity index (χ4n) is 1.10. The van der Waals surface area contributed by atoms with Crippen LogP contribution >= 0.6 is 15.9 Å². The first-order chi connectivity index (χ1) is 8.00. The summed E-state index contributed by atoms with van der Waals surface area (Å²) < 4.78 is 13.4. The van der Waals surface area contributed by atoms with E-state index in [-0.39, 0.29) is 18.7 Å². The van der Waals surface area contributed by atoms with Gasteiger partial charge in [0.05, 0.1) is 4.47 Å². The predicted octanol–water partition coefficient (Wildman–Crippen LogP) is 0.986. The molecule has 7 heteroatoms. The van der Waals surface area contributed by atoms with E-state index < -0.39 is 17.8 Å². The van der Waals surface area contributed by atoms with Crippen LogP contribution < -0.4 is 16.4 Å². The average Bonchev–Trinajstić information content (AvgIpc) is 2.27. The fourth-order valence-corrected chi connectivity index (χ4v) is 1.35. The van der Waals surface area contributed by atoms with E-state index in [1.165, 1.54) is 12.1 Å². The molecule has 4 N–H and O–H groups in total. The van der Waals surface area contributed by atoms with Gasteiger partial charge in [0, 0.05) is 18.7 Å². The molecule has 0 heterocycles. The van der Waals surface area contributed by atoms with Gasteiger partial charge < -0.3 is 16.4 Å². The summed E-state index contributed by atoms with van der Waals surface area (Å²) >= 11 is 2.99. The van der Waals surface area contributed by atoms with E-state index in [1.807, 2.05) is 0 Å². The molecule has 0 unspecified atom stereocenters. The summed E-state index contributed by atoms with van der Waals surface area (Å²) in [6.45, 7) is 0.444. The molecule has 5 nitrogen and oxygen atoms in total. The molecule has 0 atom stereocenters. The quantitative estimate of drug-likeness (QED) is 0.725. The first kappa shape index (κ1) is 13.4. The number of nitrogens with one attached hydrogen (secondary N) is 2. The number of carbonyl (C=O) groups excluding carboxylic acids is 2. The summed E-state index contributed by atoms with van der Waals surface area (Å²) in [4.78, 5) is 21.9. The molecule has 0 aliphatic carbocycles. The molecule has 0 saturated heterocycles. The smallest absolute Gasteiger partial charge is 0.312 e. The molecule has 92 valence electrons. The van der Waals surface area contributed by atoms with Gasteiger partial charge in [0.1, 0.15) is 5.82 Å². The molecule has 1 aromatic rings. The Morgan fingerprint density at radius 2 is 1.94 bits per heavy atom. The van der Waals surface area contributed by atoms with E-state index in [0.29, 0.717) is 4.47 Å². The third-order valence-electron chi connectivity index (χ3n) is 1.89. The van der Waals surface area contributed by atoms with Gasteiger partial charge in [-0.05, 0) is 34.1 Å². The molecule has 0 aliphatic heterocycles. The number of primary amides is 1. The van der Waals surface area contributed by atoms with Gasteiger partial charge in [0.2, 0.25) is 0 Å². The number of carbonyl (C=O) groups is 2. The number of amides is 3. The van der Waals surface area contributed by atoms with Crippen LogP contribution in [0.3, 0.4) is 0 Å². The Morgan fingerprint density at radius 1 is 1.29 bits per heavy atom. The van der Waals surface area contributed by atoms with E-state index in [4.69, 9.17) is 5.73 Å². The zero-order chi connectivity index (χ0) is 12.8. The number of benzene rings is 1. The summed E-state index contributed by atoms with van der Waals surface area (Å²) in [5.41, 5.74) is 5.05. The first-order valence-electron chi connectivity index (χ1n) is 4.77. The standard InChI is InChI=1S/C10H11BrFN3O2/c11-7-2-1-6(5-8(7)12)9(16)14-3-4-15-10(13)17/h1-2,5H,3-4H2,(H,14,16)(H3,13,15,17). The number of rotatable bonds is 4. The minimum absolute atomic E-state index is 0.213. The molecule has 0 saturated carbocycles. The zero-order valence-electron chi connectivity index (χ0n) is 8.80. The Bertz CT molecular complexity index is 440. The van der Waals surface area contributed by atoms with E-state index >= 15 is 0 Å². The van der Waals surface area contributed by atoms with Crippen LogP contribution in [0.4, 0.5) is 9.18 Å². The molecule has 17 heavy (non-hydrogen) atoms. The Hall–Kier alpha value is -1.63. The number of nitrogens with two attached hydrogens (primary N) is 1. The van der Waals surface area contributed by atoms with Gasteiger partial charge in [-0.2, -0.15) is 0 Å². The topological polar surface area (TPSA) is 84.2 Å². The molecule has 1 rings (SSSR count). The van der Waals surface area contributed by atoms with Crippen molar-refractivity contribution in [3.8, 4) is 0 Å². The van der Waals surface area contributed by atoms with E-state index in [9.17, 15) is 14.0 Å². The van der Waals surface area contributed by atoms with E-state index in [0.717, 1.165) is 6.07 Å². The van der Waals surface area contributed by atoms with Crippen molar-refractivity contribution in [3.63, 3.8) is 0 Å². The predicted molar refractivity (Wildman–Crippen MR) is 64.0 cm³/mol. The van der Waals surface area contributed by atoms with Crippen molar-refractivity contribution in [3.05, 3.63) is 34.1 Å². The Balaban J connectivity index is 2.47. The Kier molecular flexibility index (Phi) is 4.89. The van der Waals surface area contributed by atoms with Crippen molar-refractivity contribution in [2.24, 2.45) is 5.73 Å². The van der Waals surface area contributed by atoms with Crippen molar-refractivity contribution >= 4 is 27.9 Å². The molecule has 0 aromatic heterocycles. The second kappa shape index (κ2) is 6.19. The Labute approximate surface area is 106 Å². The largest absolute Gasteiger partial charge is 0.352 e. The van der Waals surface area contributed by atoms with Gasteiger partial charge in [-0.3, -0.25) is 4.79 Å². The highest BCUT2D eigenvalue weighted by molar-refractivity contribution is 9.10. The minimum atomic E-state index is -0.658. The maximum Gasteiger partial charge on any atom is 0.312 e. The van der Waals surface area contributed by atoms with E-state index in [1.54, 1.807) is 0 Å². The first-order valence-corrected chi connectivity index (χ1v) is 5.56. The van der Waals surface area contributed by atoms with Gasteiger partial charge >= 0.3 is 6.03 Å². The van der Waals surface area contributed by atoms with Crippen LogP contribution in [0.2, 0.25) is 0 Å². The second-order valence-corrected chi connectivity index (χ2v) is 4.03. The highest BCUT2D eigenvalue weighted by Crippen LogP contribution is 2.16. The fraction of sp³-hybridized carbons (Fsp3) is 0.200. The molecule has 3 amide bonds. The monoisotopic (exact) mass is 303 g/mol. The molecule has 0 radical (unpaired) electrons. The lowest BCUT2D eigenvalue weighted by molar-refractivity contribution is 0.0953. The summed E-state index contributed by atoms with van der Waals surface area (Å²) in [5.74, 6) is -0.921. The SMILES string of the molecule is NC(=O)NCCNC(=O)c1ccc(Br)c(F)c1. The van der Waals surface area contributed by atoms with Gasteiger partial charge in [-0.25, -0.2) is 9.18 Å². The maximum absolute atomic E-state index is 13.1. The molecule has 0 spiro atoms. The average molecular weight is 304 g/mol. The molecular formula is C10H11BrFN3O2. The van der Waals surface area contributed by atoms with Crippen LogP contribution in [0, 0.1) is 5.82 Å². The maximum atomic E-state index is 13.1. The number of halogens is 2. The number of urea groups is 1. The normalized spacial score (nSPS) is 9.76. The van der Waals surface area contributed by atoms with Crippen LogP contribution in [0.25, 0.3) is 0 Å². The summed E-state index contributed by atoms with van der Waals surface area (Å²) in [7, 11) is 0. The molecule has 0 fully saturated rings. The zero-order valence-corrected chi connectivity index (χ0v) is 10.4. The van der Waals surface area contributed by atoms with Crippen LogP contribution in [0.1, 0.15) is 10.4 Å². The van der Waals surface area contributed by atoms with Crippen LogP contribution in [0.5, 0.6) is 0 Å². The lowest BCUT2D eigenvalue weighted by Gasteiger charge is -2.06. The van der Waals surface area contributed by atoms with Gasteiger partial charge in [0.25, 0.3) is 5.91 Å². The van der Waals surface area contributed by atoms with Crippen LogP contribution in [0.15, 0.2) is 22.7 Å². The lowest BCUT2D eigenvalue weighted by atomic mass is 10.2. The van der Waals surface area contributed by atoms with Crippen molar-refractivity contribution in [2.75, 3.05) is 13.1 Å². The number of hydrogen-bond acceptors (Lipinski definition) is 2. The summed E-state index contributed by atoms with van der Waals surface area (Å²) in [5, 5.41) is 4.83. The van der Waals surface area contributed by atoms with Crippen LogP contribution in [-0.2, 0) is 0 Å². The van der Waals surface area contributed by atoms with Crippen molar-refractivity contribution in [1.82, 2.24) is 10.6 Å². The highest BCUT2D eigenvalue weighted by atomic mass is 79.9. The summed E-state index contributed by atoms with van der Waals surface area (Å²) in [6, 6.07) is 3.41. The molecule has 0 aliphatic rings. The van der Waals surface area contributed by atoms with Crippen molar-refractivity contribution in [2.45, 2.75) is 0 Å². The van der Waals surface area contributed by atoms with E-state index in [2.05, 4.69) is 26.6 Å².